The molecule has 0 atom stereocenters. The fraction of sp³-hybridized carbons (Fsp3) is 0.221. The summed E-state index contributed by atoms with van der Waals surface area (Å²) in [5, 5.41) is 2.32. The van der Waals surface area contributed by atoms with Gasteiger partial charge in [-0.15, -0.1) is 0 Å². The zero-order valence-electron chi connectivity index (χ0n) is 44.0. The minimum atomic E-state index is -0.237. The van der Waals surface area contributed by atoms with Crippen LogP contribution < -0.4 is 14.5 Å². The lowest BCUT2D eigenvalue weighted by molar-refractivity contribution is 0.479. The number of nitrogens with zero attached hydrogens (tertiary/aromatic N) is 4. The molecule has 3 heterocycles. The van der Waals surface area contributed by atoms with E-state index in [0.717, 1.165) is 45.1 Å². The van der Waals surface area contributed by atoms with E-state index in [2.05, 4.69) is 284 Å². The van der Waals surface area contributed by atoms with Crippen LogP contribution in [0.15, 0.2) is 206 Å². The molecule has 0 N–H and O–H groups in total. The molecule has 0 saturated carbocycles. The maximum atomic E-state index is 7.12. The highest BCUT2D eigenvalue weighted by molar-refractivity contribution is 6.09. The zero-order valence-corrected chi connectivity index (χ0v) is 44.0. The van der Waals surface area contributed by atoms with Crippen molar-refractivity contribution in [1.82, 2.24) is 9.55 Å². The van der Waals surface area contributed by atoms with E-state index in [4.69, 9.17) is 9.72 Å². The molecule has 0 amide bonds. The molecule has 0 radical (unpaired) electrons. The van der Waals surface area contributed by atoms with Crippen molar-refractivity contribution in [1.29, 1.82) is 0 Å². The third kappa shape index (κ3) is 8.86. The topological polar surface area (TPSA) is 33.5 Å². The lowest BCUT2D eigenvalue weighted by Crippen LogP contribution is -2.25. The molecular formula is C68H66N4O. The molecule has 0 saturated heterocycles. The van der Waals surface area contributed by atoms with Crippen LogP contribution in [0.5, 0.6) is 11.5 Å². The van der Waals surface area contributed by atoms with E-state index in [1.807, 2.05) is 6.20 Å². The second kappa shape index (κ2) is 18.0. The summed E-state index contributed by atoms with van der Waals surface area (Å²) in [5.74, 6) is 2.42. The van der Waals surface area contributed by atoms with Gasteiger partial charge in [-0.1, -0.05) is 191 Å². The molecule has 364 valence electrons. The number of hydrogen-bond acceptors (Lipinski definition) is 4. The van der Waals surface area contributed by atoms with E-state index in [-0.39, 0.29) is 21.7 Å². The minimum Gasteiger partial charge on any atom is -0.457 e. The van der Waals surface area contributed by atoms with Crippen LogP contribution in [-0.2, 0) is 21.7 Å². The Bertz CT molecular complexity index is 3650. The number of anilines is 4. The van der Waals surface area contributed by atoms with Crippen molar-refractivity contribution in [2.45, 2.75) is 90.9 Å². The Morgan fingerprint density at radius 1 is 0.384 bits per heavy atom. The van der Waals surface area contributed by atoms with Crippen LogP contribution in [0.3, 0.4) is 0 Å². The summed E-state index contributed by atoms with van der Waals surface area (Å²) in [4.78, 5) is 10.0. The molecular weight excluding hydrogens is 889 g/mol. The Kier molecular flexibility index (Phi) is 11.7. The van der Waals surface area contributed by atoms with Crippen LogP contribution in [0, 0.1) is 0 Å². The highest BCUT2D eigenvalue weighted by Gasteiger charge is 2.34. The minimum absolute atomic E-state index is 0.0597. The van der Waals surface area contributed by atoms with Crippen LogP contribution in [0.1, 0.15) is 103 Å². The number of ether oxygens (including phenoxy) is 1. The molecule has 11 rings (SSSR count). The Morgan fingerprint density at radius 2 is 0.945 bits per heavy atom. The SMILES string of the molecule is CC(C)(C)c1cc(Oc2ccc3c4ccccc4n(-c4cc(C(C)(C)c5ccccc5)ccn4)c3c2)cc(N2CN(c3cc(-c4ccccc4)cc(C(C)(C)C)c3)c3ccc(C(C)(C)c4ccccc4)cc32)c1. The number of fused-ring (bicyclic) bond motifs is 4. The molecule has 10 aromatic rings. The molecule has 0 bridgehead atoms. The lowest BCUT2D eigenvalue weighted by Gasteiger charge is -2.28. The molecule has 5 heteroatoms. The quantitative estimate of drug-likeness (QED) is 0.137. The largest absolute Gasteiger partial charge is 0.457 e. The summed E-state index contributed by atoms with van der Waals surface area (Å²) in [7, 11) is 0. The third-order valence-electron chi connectivity index (χ3n) is 15.4. The van der Waals surface area contributed by atoms with Gasteiger partial charge in [0.2, 0.25) is 0 Å². The molecule has 1 aliphatic heterocycles. The Morgan fingerprint density at radius 3 is 1.60 bits per heavy atom. The van der Waals surface area contributed by atoms with Gasteiger partial charge < -0.3 is 14.5 Å². The standard InChI is InChI=1S/C68H66N4O/c1-65(2,3)52-36-47(46-22-14-11-15-23-46)37-54(38-52)70-45-71(63-41-50(30-33-61(63)70)67(7,8)48-24-16-12-17-25-48)55-39-53(66(4,5)6)40-57(43-55)73-56-31-32-59-58-28-20-21-29-60(58)72(62(59)44-56)64-42-51(34-35-69-64)68(9,10)49-26-18-13-19-27-49/h11-44H,45H2,1-10H3. The summed E-state index contributed by atoms with van der Waals surface area (Å²) >= 11 is 0. The van der Waals surface area contributed by atoms with Crippen LogP contribution in [0.2, 0.25) is 0 Å². The number of rotatable bonds is 10. The zero-order chi connectivity index (χ0) is 50.9. The molecule has 1 aliphatic rings. The van der Waals surface area contributed by atoms with E-state index in [0.29, 0.717) is 6.67 Å². The number of para-hydroxylation sites is 1. The molecule has 2 aromatic heterocycles. The molecule has 0 aliphatic carbocycles. The fourth-order valence-corrected chi connectivity index (χ4v) is 10.7. The first-order valence-electron chi connectivity index (χ1n) is 25.8. The van der Waals surface area contributed by atoms with Gasteiger partial charge in [-0.2, -0.15) is 0 Å². The van der Waals surface area contributed by atoms with Crippen molar-refractivity contribution in [3.05, 3.63) is 240 Å². The Balaban J connectivity index is 1.03. The predicted octanol–water partition coefficient (Wildman–Crippen LogP) is 18.1. The maximum Gasteiger partial charge on any atom is 0.137 e. The van der Waals surface area contributed by atoms with Crippen molar-refractivity contribution in [3.63, 3.8) is 0 Å². The molecule has 73 heavy (non-hydrogen) atoms. The number of pyridine rings is 1. The van der Waals surface area contributed by atoms with E-state index in [9.17, 15) is 0 Å². The van der Waals surface area contributed by atoms with E-state index in [1.165, 1.54) is 61.3 Å². The van der Waals surface area contributed by atoms with Gasteiger partial charge in [-0.05, 0) is 122 Å². The second-order valence-corrected chi connectivity index (χ2v) is 23.1. The highest BCUT2D eigenvalue weighted by Crippen LogP contribution is 2.50. The normalized spacial score (nSPS) is 13.2. The molecule has 0 unspecified atom stereocenters. The Labute approximate surface area is 432 Å². The van der Waals surface area contributed by atoms with Gasteiger partial charge in [0.25, 0.3) is 0 Å². The van der Waals surface area contributed by atoms with Gasteiger partial charge >= 0.3 is 0 Å². The number of aromatic nitrogens is 2. The first-order valence-corrected chi connectivity index (χ1v) is 25.8. The second-order valence-electron chi connectivity index (χ2n) is 23.1. The fourth-order valence-electron chi connectivity index (χ4n) is 10.7. The van der Waals surface area contributed by atoms with Crippen LogP contribution in [0.4, 0.5) is 22.7 Å². The summed E-state index contributed by atoms with van der Waals surface area (Å²) in [6.07, 6.45) is 1.95. The average molecular weight is 955 g/mol. The summed E-state index contributed by atoms with van der Waals surface area (Å²) in [6.45, 7) is 23.6. The summed E-state index contributed by atoms with van der Waals surface area (Å²) in [6, 6.07) is 73.0. The molecule has 0 spiro atoms. The van der Waals surface area contributed by atoms with Gasteiger partial charge in [0.05, 0.1) is 22.4 Å². The van der Waals surface area contributed by atoms with E-state index >= 15 is 0 Å². The molecule has 8 aromatic carbocycles. The maximum absolute atomic E-state index is 7.12. The molecule has 5 nitrogen and oxygen atoms in total. The number of benzene rings is 8. The first kappa shape index (κ1) is 47.4. The van der Waals surface area contributed by atoms with Crippen molar-refractivity contribution in [2.75, 3.05) is 16.5 Å². The Hall–Kier alpha value is -7.89. The average Bonchev–Trinajstić information content (AvgIpc) is 3.95. The van der Waals surface area contributed by atoms with Crippen LogP contribution in [-0.4, -0.2) is 16.2 Å². The van der Waals surface area contributed by atoms with Gasteiger partial charge in [-0.25, -0.2) is 4.98 Å². The van der Waals surface area contributed by atoms with Crippen LogP contribution >= 0.6 is 0 Å². The molecule has 0 fully saturated rings. The highest BCUT2D eigenvalue weighted by atomic mass is 16.5. The summed E-state index contributed by atoms with van der Waals surface area (Å²) < 4.78 is 9.42. The van der Waals surface area contributed by atoms with Crippen molar-refractivity contribution >= 4 is 44.6 Å². The third-order valence-corrected chi connectivity index (χ3v) is 15.4. The van der Waals surface area contributed by atoms with Crippen molar-refractivity contribution in [3.8, 4) is 28.4 Å². The number of hydrogen-bond donors (Lipinski definition) is 0. The predicted molar refractivity (Wildman–Crippen MR) is 307 cm³/mol. The van der Waals surface area contributed by atoms with Gasteiger partial charge in [0.15, 0.2) is 0 Å². The van der Waals surface area contributed by atoms with Crippen LogP contribution in [0.25, 0.3) is 38.8 Å². The van der Waals surface area contributed by atoms with Gasteiger partial charge in [0.1, 0.15) is 24.0 Å². The van der Waals surface area contributed by atoms with Gasteiger partial charge in [0, 0.05) is 51.3 Å². The summed E-state index contributed by atoms with van der Waals surface area (Å²) in [5.41, 5.74) is 15.9. The first-order chi connectivity index (χ1) is 34.9. The van der Waals surface area contributed by atoms with E-state index < -0.39 is 0 Å². The van der Waals surface area contributed by atoms with Gasteiger partial charge in [-0.3, -0.25) is 4.57 Å². The van der Waals surface area contributed by atoms with Crippen molar-refractivity contribution < 1.29 is 4.74 Å². The monoisotopic (exact) mass is 955 g/mol. The van der Waals surface area contributed by atoms with Crippen molar-refractivity contribution in [2.24, 2.45) is 0 Å². The smallest absolute Gasteiger partial charge is 0.137 e. The van der Waals surface area contributed by atoms with E-state index in [1.54, 1.807) is 0 Å². The lowest BCUT2D eigenvalue weighted by atomic mass is 9.78.